The fourth-order valence-corrected chi connectivity index (χ4v) is 0.710. The second-order valence-electron chi connectivity index (χ2n) is 4.48. The Bertz CT molecular complexity index is 339. The van der Waals surface area contributed by atoms with Gasteiger partial charge in [0.15, 0.2) is 0 Å². The van der Waals surface area contributed by atoms with Crippen LogP contribution in [0.5, 0.6) is 0 Å². The van der Waals surface area contributed by atoms with Gasteiger partial charge in [-0.2, -0.15) is 0 Å². The quantitative estimate of drug-likeness (QED) is 0.212. The number of rotatable bonds is 8. The number of unbranched alkanes of at least 4 members (excludes halogenated alkanes) is 1. The first-order valence-corrected chi connectivity index (χ1v) is 6.77. The van der Waals surface area contributed by atoms with Crippen molar-refractivity contribution in [2.45, 2.75) is 44.3 Å². The van der Waals surface area contributed by atoms with Crippen molar-refractivity contribution in [2.75, 3.05) is 13.2 Å². The molecule has 0 spiro atoms. The van der Waals surface area contributed by atoms with Gasteiger partial charge in [0.1, 0.15) is 18.1 Å². The highest BCUT2D eigenvalue weighted by Gasteiger charge is 2.09. The van der Waals surface area contributed by atoms with E-state index in [1.54, 1.807) is 0 Å². The van der Waals surface area contributed by atoms with Gasteiger partial charge in [-0.3, -0.25) is 14.4 Å². The molecule has 0 saturated heterocycles. The van der Waals surface area contributed by atoms with E-state index in [9.17, 15) is 14.4 Å². The van der Waals surface area contributed by atoms with Gasteiger partial charge < -0.3 is 43.4 Å². The fraction of sp³-hybridized carbons (Fsp3) is 0.750. The summed E-state index contributed by atoms with van der Waals surface area (Å²) < 4.78 is 0. The van der Waals surface area contributed by atoms with Crippen LogP contribution in [0.2, 0.25) is 0 Å². The zero-order valence-electron chi connectivity index (χ0n) is 13.1. The molecule has 12 N–H and O–H groups in total. The van der Waals surface area contributed by atoms with Crippen LogP contribution < -0.4 is 22.9 Å². The minimum absolute atomic E-state index is 0.505. The van der Waals surface area contributed by atoms with E-state index in [-0.39, 0.29) is 0 Å². The van der Waals surface area contributed by atoms with Gasteiger partial charge >= 0.3 is 17.9 Å². The third-order valence-corrected chi connectivity index (χ3v) is 2.19. The molecule has 23 heavy (non-hydrogen) atoms. The zero-order chi connectivity index (χ0) is 19.0. The highest BCUT2D eigenvalue weighted by Crippen LogP contribution is 1.96. The molecule has 11 nitrogen and oxygen atoms in total. The van der Waals surface area contributed by atoms with Crippen LogP contribution in [0, 0.1) is 0 Å². The van der Waals surface area contributed by atoms with Crippen LogP contribution in [0.25, 0.3) is 0 Å². The Morgan fingerprint density at radius 2 is 1.26 bits per heavy atom. The molecule has 0 aliphatic heterocycles. The maximum Gasteiger partial charge on any atom is 0.322 e. The van der Waals surface area contributed by atoms with E-state index in [1.165, 1.54) is 6.92 Å². The Kier molecular flexibility index (Phi) is 18.8. The molecule has 0 amide bonds. The number of carbonyl (C=O) groups is 3. The summed E-state index contributed by atoms with van der Waals surface area (Å²) in [5, 5.41) is 32.1. The molecular weight excluding hydrogens is 312 g/mol. The molecule has 0 radical (unpaired) electrons. The Hall–Kier alpha value is -1.79. The lowest BCUT2D eigenvalue weighted by atomic mass is 10.1. The molecule has 11 heteroatoms. The number of aliphatic hydroxyl groups is 1. The van der Waals surface area contributed by atoms with Crippen molar-refractivity contribution >= 4 is 17.9 Å². The minimum Gasteiger partial charge on any atom is -0.480 e. The number of carboxylic acid groups (broad SMARTS) is 3. The average molecular weight is 340 g/mol. The molecule has 3 atom stereocenters. The summed E-state index contributed by atoms with van der Waals surface area (Å²) in [4.78, 5) is 29.4. The minimum atomic E-state index is -1.18. The smallest absolute Gasteiger partial charge is 0.322 e. The highest BCUT2D eigenvalue weighted by atomic mass is 16.4. The summed E-state index contributed by atoms with van der Waals surface area (Å²) in [6.45, 7) is 1.52. The molecule has 0 aromatic rings. The van der Waals surface area contributed by atoms with Gasteiger partial charge in [0.05, 0.1) is 6.61 Å². The van der Waals surface area contributed by atoms with E-state index in [1.807, 2.05) is 0 Å². The van der Waals surface area contributed by atoms with Crippen LogP contribution in [0.4, 0.5) is 0 Å². The number of carboxylic acids is 3. The first kappa shape index (κ1) is 26.1. The fourth-order valence-electron chi connectivity index (χ4n) is 0.710. The second kappa shape index (κ2) is 16.6. The molecule has 0 saturated carbocycles. The topological polar surface area (TPSA) is 236 Å². The van der Waals surface area contributed by atoms with E-state index in [2.05, 4.69) is 0 Å². The third-order valence-electron chi connectivity index (χ3n) is 2.19. The van der Waals surface area contributed by atoms with E-state index in [4.69, 9.17) is 43.4 Å². The van der Waals surface area contributed by atoms with Crippen LogP contribution >= 0.6 is 0 Å². The number of aliphatic hydroxyl groups excluding tert-OH is 1. The van der Waals surface area contributed by atoms with E-state index >= 15 is 0 Å². The average Bonchev–Trinajstić information content (AvgIpc) is 2.47. The van der Waals surface area contributed by atoms with Crippen LogP contribution in [0.3, 0.4) is 0 Å². The van der Waals surface area contributed by atoms with Crippen molar-refractivity contribution in [1.29, 1.82) is 0 Å². The summed E-state index contributed by atoms with van der Waals surface area (Å²) in [5.41, 5.74) is 20.0. The van der Waals surface area contributed by atoms with Crippen molar-refractivity contribution in [2.24, 2.45) is 22.9 Å². The summed E-state index contributed by atoms with van der Waals surface area (Å²) in [5.74, 6) is -3.07. The lowest BCUT2D eigenvalue weighted by Gasteiger charge is -2.03. The summed E-state index contributed by atoms with van der Waals surface area (Å²) in [6.07, 6.45) is 2.16. The third kappa shape index (κ3) is 22.6. The lowest BCUT2D eigenvalue weighted by Crippen LogP contribution is -2.33. The first-order chi connectivity index (χ1) is 10.5. The standard InChI is InChI=1S/C6H14N2O2.C3H7NO3.C3H7NO2/c7-4-2-1-3-5(8)6(9)10;4-2(1-5)3(6)7;1-2(4)3(5)6/h5H,1-4,7-8H2,(H,9,10);2,5H,1,4H2,(H,6,7);2H,4H2,1H3,(H,5,6). The summed E-state index contributed by atoms with van der Waals surface area (Å²) in [6, 6.07) is -2.57. The molecule has 0 aliphatic carbocycles. The Balaban J connectivity index is -0.000000272. The lowest BCUT2D eigenvalue weighted by molar-refractivity contribution is -0.140. The van der Waals surface area contributed by atoms with Crippen molar-refractivity contribution in [3.8, 4) is 0 Å². The van der Waals surface area contributed by atoms with E-state index < -0.39 is 42.6 Å². The molecule has 3 unspecified atom stereocenters. The predicted molar refractivity (Wildman–Crippen MR) is 82.5 cm³/mol. The van der Waals surface area contributed by atoms with Gasteiger partial charge in [0, 0.05) is 0 Å². The van der Waals surface area contributed by atoms with E-state index in [0.29, 0.717) is 13.0 Å². The summed E-state index contributed by atoms with van der Waals surface area (Å²) >= 11 is 0. The van der Waals surface area contributed by atoms with Gasteiger partial charge in [-0.15, -0.1) is 0 Å². The van der Waals surface area contributed by atoms with Gasteiger partial charge in [0.2, 0.25) is 0 Å². The number of nitrogens with two attached hydrogens (primary N) is 4. The molecule has 0 aliphatic rings. The van der Waals surface area contributed by atoms with Gasteiger partial charge in [0.25, 0.3) is 0 Å². The SMILES string of the molecule is CC(N)C(=O)O.NC(CO)C(=O)O.NCCCCC(N)C(=O)O. The molecular formula is C12H28N4O7. The maximum absolute atomic E-state index is 10.1. The molecule has 138 valence electrons. The number of aliphatic carboxylic acids is 3. The van der Waals surface area contributed by atoms with Gasteiger partial charge in [-0.05, 0) is 26.3 Å². The van der Waals surface area contributed by atoms with Crippen LogP contribution in [-0.4, -0.2) is 69.6 Å². The molecule has 0 bridgehead atoms. The van der Waals surface area contributed by atoms with Gasteiger partial charge in [-0.25, -0.2) is 0 Å². The Labute approximate surface area is 134 Å². The van der Waals surface area contributed by atoms with Crippen LogP contribution in [-0.2, 0) is 14.4 Å². The van der Waals surface area contributed by atoms with Gasteiger partial charge in [-0.1, -0.05) is 6.42 Å². The normalized spacial score (nSPS) is 13.3. The predicted octanol–water partition coefficient (Wildman–Crippen LogP) is -2.66. The van der Waals surface area contributed by atoms with Crippen molar-refractivity contribution in [1.82, 2.24) is 0 Å². The van der Waals surface area contributed by atoms with Crippen LogP contribution in [0.15, 0.2) is 0 Å². The maximum atomic E-state index is 10.1. The largest absolute Gasteiger partial charge is 0.480 e. The van der Waals surface area contributed by atoms with Crippen molar-refractivity contribution in [3.63, 3.8) is 0 Å². The molecule has 0 rings (SSSR count). The molecule has 0 aromatic heterocycles. The second-order valence-corrected chi connectivity index (χ2v) is 4.48. The van der Waals surface area contributed by atoms with Crippen molar-refractivity contribution < 1.29 is 34.8 Å². The summed E-state index contributed by atoms with van der Waals surface area (Å²) in [7, 11) is 0. The monoisotopic (exact) mass is 340 g/mol. The molecule has 0 aromatic carbocycles. The number of hydrogen-bond donors (Lipinski definition) is 8. The van der Waals surface area contributed by atoms with Crippen molar-refractivity contribution in [3.05, 3.63) is 0 Å². The molecule has 0 heterocycles. The Morgan fingerprint density at radius 3 is 1.43 bits per heavy atom. The zero-order valence-corrected chi connectivity index (χ0v) is 13.1. The van der Waals surface area contributed by atoms with Crippen LogP contribution in [0.1, 0.15) is 26.2 Å². The highest BCUT2D eigenvalue weighted by molar-refractivity contribution is 5.73. The first-order valence-electron chi connectivity index (χ1n) is 6.77. The van der Waals surface area contributed by atoms with E-state index in [0.717, 1.165) is 12.8 Å². The molecule has 0 fully saturated rings. The number of hydrogen-bond acceptors (Lipinski definition) is 8. The Morgan fingerprint density at radius 1 is 0.870 bits per heavy atom.